The van der Waals surface area contributed by atoms with E-state index in [1.807, 2.05) is 6.92 Å². The molecule has 0 spiro atoms. The molecule has 8 nitrogen and oxygen atoms in total. The molecular weight excluding hydrogens is 328 g/mol. The SMILES string of the molecule is COc1cc(C)c(NC(=O)COc2cccc([N+](=O)[O-])c2)cc1OC. The van der Waals surface area contributed by atoms with Crippen LogP contribution in [0.4, 0.5) is 11.4 Å². The number of amides is 1. The number of rotatable bonds is 7. The smallest absolute Gasteiger partial charge is 0.273 e. The molecule has 1 N–H and O–H groups in total. The van der Waals surface area contributed by atoms with Crippen LogP contribution in [0.2, 0.25) is 0 Å². The third-order valence-corrected chi connectivity index (χ3v) is 3.40. The molecule has 0 radical (unpaired) electrons. The molecule has 2 aromatic rings. The Balaban J connectivity index is 2.03. The van der Waals surface area contributed by atoms with Gasteiger partial charge in [-0.05, 0) is 24.6 Å². The lowest BCUT2D eigenvalue weighted by molar-refractivity contribution is -0.384. The van der Waals surface area contributed by atoms with Crippen LogP contribution in [0.3, 0.4) is 0 Å². The van der Waals surface area contributed by atoms with E-state index in [9.17, 15) is 14.9 Å². The van der Waals surface area contributed by atoms with Gasteiger partial charge in [-0.1, -0.05) is 6.07 Å². The van der Waals surface area contributed by atoms with Gasteiger partial charge in [0.05, 0.1) is 25.2 Å². The first-order valence-corrected chi connectivity index (χ1v) is 7.34. The number of non-ortho nitro benzene ring substituents is 1. The van der Waals surface area contributed by atoms with Crippen molar-refractivity contribution in [3.05, 3.63) is 52.1 Å². The Morgan fingerprint density at radius 1 is 1.16 bits per heavy atom. The van der Waals surface area contributed by atoms with Crippen LogP contribution in [0, 0.1) is 17.0 Å². The van der Waals surface area contributed by atoms with Crippen molar-refractivity contribution in [1.82, 2.24) is 0 Å². The van der Waals surface area contributed by atoms with Gasteiger partial charge in [-0.3, -0.25) is 14.9 Å². The van der Waals surface area contributed by atoms with Gasteiger partial charge in [0.15, 0.2) is 18.1 Å². The van der Waals surface area contributed by atoms with E-state index in [0.717, 1.165) is 5.56 Å². The van der Waals surface area contributed by atoms with E-state index in [2.05, 4.69) is 5.32 Å². The second kappa shape index (κ2) is 8.00. The molecule has 1 amide bonds. The third-order valence-electron chi connectivity index (χ3n) is 3.40. The Morgan fingerprint density at radius 2 is 1.84 bits per heavy atom. The van der Waals surface area contributed by atoms with Crippen LogP contribution in [0.15, 0.2) is 36.4 Å². The average Bonchev–Trinajstić information content (AvgIpc) is 2.61. The van der Waals surface area contributed by atoms with E-state index in [-0.39, 0.29) is 18.0 Å². The monoisotopic (exact) mass is 346 g/mol. The fourth-order valence-electron chi connectivity index (χ4n) is 2.14. The number of benzene rings is 2. The van der Waals surface area contributed by atoms with Crippen LogP contribution in [-0.4, -0.2) is 31.7 Å². The van der Waals surface area contributed by atoms with Crippen molar-refractivity contribution in [3.8, 4) is 17.2 Å². The number of nitrogens with one attached hydrogen (secondary N) is 1. The number of anilines is 1. The number of hydrogen-bond donors (Lipinski definition) is 1. The quantitative estimate of drug-likeness (QED) is 0.611. The molecule has 0 atom stereocenters. The van der Waals surface area contributed by atoms with Crippen molar-refractivity contribution in [3.63, 3.8) is 0 Å². The van der Waals surface area contributed by atoms with E-state index < -0.39 is 10.8 Å². The third kappa shape index (κ3) is 4.60. The normalized spacial score (nSPS) is 10.0. The van der Waals surface area contributed by atoms with Gasteiger partial charge in [0.1, 0.15) is 5.75 Å². The van der Waals surface area contributed by atoms with E-state index in [1.165, 1.54) is 32.4 Å². The minimum atomic E-state index is -0.528. The fourth-order valence-corrected chi connectivity index (χ4v) is 2.14. The number of nitrogens with zero attached hydrogens (tertiary/aromatic N) is 1. The lowest BCUT2D eigenvalue weighted by Gasteiger charge is -2.14. The second-order valence-corrected chi connectivity index (χ2v) is 5.11. The predicted octanol–water partition coefficient (Wildman–Crippen LogP) is 2.94. The topological polar surface area (TPSA) is 99.9 Å². The Hall–Kier alpha value is -3.29. The molecule has 0 saturated carbocycles. The average molecular weight is 346 g/mol. The van der Waals surface area contributed by atoms with Crippen LogP contribution in [0.5, 0.6) is 17.2 Å². The number of nitro groups is 1. The molecule has 0 heterocycles. The summed E-state index contributed by atoms with van der Waals surface area (Å²) >= 11 is 0. The second-order valence-electron chi connectivity index (χ2n) is 5.11. The molecule has 0 saturated heterocycles. The van der Waals surface area contributed by atoms with Crippen molar-refractivity contribution < 1.29 is 23.9 Å². The number of methoxy groups -OCH3 is 2. The maximum Gasteiger partial charge on any atom is 0.273 e. The molecule has 0 unspecified atom stereocenters. The van der Waals surface area contributed by atoms with E-state index in [1.54, 1.807) is 18.2 Å². The van der Waals surface area contributed by atoms with Crippen LogP contribution >= 0.6 is 0 Å². The molecule has 2 rings (SSSR count). The largest absolute Gasteiger partial charge is 0.493 e. The number of nitro benzene ring substituents is 1. The van der Waals surface area contributed by atoms with E-state index >= 15 is 0 Å². The molecule has 0 bridgehead atoms. The van der Waals surface area contributed by atoms with Gasteiger partial charge >= 0.3 is 0 Å². The number of carbonyl (C=O) groups is 1. The van der Waals surface area contributed by atoms with Crippen molar-refractivity contribution in [2.24, 2.45) is 0 Å². The number of ether oxygens (including phenoxy) is 3. The van der Waals surface area contributed by atoms with Gasteiger partial charge in [0.2, 0.25) is 0 Å². The highest BCUT2D eigenvalue weighted by atomic mass is 16.6. The first-order valence-electron chi connectivity index (χ1n) is 7.34. The molecule has 8 heteroatoms. The number of hydrogen-bond acceptors (Lipinski definition) is 6. The van der Waals surface area contributed by atoms with Crippen molar-refractivity contribution >= 4 is 17.3 Å². The van der Waals surface area contributed by atoms with Crippen molar-refractivity contribution in [2.75, 3.05) is 26.1 Å². The highest BCUT2D eigenvalue weighted by Gasteiger charge is 2.12. The molecule has 0 aliphatic rings. The van der Waals surface area contributed by atoms with Crippen LogP contribution < -0.4 is 19.5 Å². The van der Waals surface area contributed by atoms with Crippen LogP contribution in [0.1, 0.15) is 5.56 Å². The lowest BCUT2D eigenvalue weighted by Crippen LogP contribution is -2.20. The van der Waals surface area contributed by atoms with Gasteiger partial charge < -0.3 is 19.5 Å². The van der Waals surface area contributed by atoms with Gasteiger partial charge in [-0.15, -0.1) is 0 Å². The van der Waals surface area contributed by atoms with Gasteiger partial charge in [-0.2, -0.15) is 0 Å². The minimum absolute atomic E-state index is 0.103. The maximum atomic E-state index is 12.1. The van der Waals surface area contributed by atoms with Gasteiger partial charge in [-0.25, -0.2) is 0 Å². The summed E-state index contributed by atoms with van der Waals surface area (Å²) in [5.74, 6) is 0.893. The summed E-state index contributed by atoms with van der Waals surface area (Å²) in [7, 11) is 3.03. The first kappa shape index (κ1) is 18.1. The van der Waals surface area contributed by atoms with Crippen LogP contribution in [0.25, 0.3) is 0 Å². The van der Waals surface area contributed by atoms with Crippen molar-refractivity contribution in [1.29, 1.82) is 0 Å². The summed E-state index contributed by atoms with van der Waals surface area (Å²) in [4.78, 5) is 22.3. The molecule has 132 valence electrons. The summed E-state index contributed by atoms with van der Waals surface area (Å²) in [6.07, 6.45) is 0. The Kier molecular flexibility index (Phi) is 5.78. The van der Waals surface area contributed by atoms with E-state index in [4.69, 9.17) is 14.2 Å². The van der Waals surface area contributed by atoms with Crippen molar-refractivity contribution in [2.45, 2.75) is 6.92 Å². The zero-order chi connectivity index (χ0) is 18.4. The molecule has 2 aromatic carbocycles. The molecule has 0 aromatic heterocycles. The molecular formula is C17H18N2O6. The Labute approximate surface area is 144 Å². The fraction of sp³-hybridized carbons (Fsp3) is 0.235. The summed E-state index contributed by atoms with van der Waals surface area (Å²) in [6.45, 7) is 1.54. The van der Waals surface area contributed by atoms with Gasteiger partial charge in [0.25, 0.3) is 11.6 Å². The van der Waals surface area contributed by atoms with Gasteiger partial charge in [0, 0.05) is 17.8 Å². The minimum Gasteiger partial charge on any atom is -0.493 e. The Morgan fingerprint density at radius 3 is 2.48 bits per heavy atom. The molecule has 0 fully saturated rings. The highest BCUT2D eigenvalue weighted by Crippen LogP contribution is 2.32. The molecule has 0 aliphatic heterocycles. The van der Waals surface area contributed by atoms with Crippen LogP contribution in [-0.2, 0) is 4.79 Å². The number of carbonyl (C=O) groups excluding carboxylic acids is 1. The summed E-state index contributed by atoms with van der Waals surface area (Å²) < 4.78 is 15.7. The molecule has 25 heavy (non-hydrogen) atoms. The zero-order valence-electron chi connectivity index (χ0n) is 14.1. The first-order chi connectivity index (χ1) is 11.9. The summed E-state index contributed by atoms with van der Waals surface area (Å²) in [5.41, 5.74) is 1.25. The summed E-state index contributed by atoms with van der Waals surface area (Å²) in [5, 5.41) is 13.4. The highest BCUT2D eigenvalue weighted by molar-refractivity contribution is 5.93. The Bertz CT molecular complexity index is 791. The predicted molar refractivity (Wildman–Crippen MR) is 91.5 cm³/mol. The maximum absolute atomic E-state index is 12.1. The number of aryl methyl sites for hydroxylation is 1. The molecule has 0 aliphatic carbocycles. The lowest BCUT2D eigenvalue weighted by atomic mass is 10.1. The van der Waals surface area contributed by atoms with E-state index in [0.29, 0.717) is 17.2 Å². The standard InChI is InChI=1S/C17H18N2O6/c1-11-7-15(23-2)16(24-3)9-14(11)18-17(20)10-25-13-6-4-5-12(8-13)19(21)22/h4-9H,10H2,1-3H3,(H,18,20). The summed E-state index contributed by atoms with van der Waals surface area (Å²) in [6, 6.07) is 9.04. The zero-order valence-corrected chi connectivity index (χ0v) is 14.1.